The van der Waals surface area contributed by atoms with E-state index in [1.807, 2.05) is 18.2 Å². The summed E-state index contributed by atoms with van der Waals surface area (Å²) in [7, 11) is 1.76. The van der Waals surface area contributed by atoms with Crippen LogP contribution in [0.3, 0.4) is 0 Å². The number of carbonyl (C=O) groups is 1. The van der Waals surface area contributed by atoms with Crippen molar-refractivity contribution < 1.29 is 9.53 Å². The largest absolute Gasteiger partial charge is 0.377 e. The second-order valence-electron chi connectivity index (χ2n) is 4.13. The van der Waals surface area contributed by atoms with Crippen molar-refractivity contribution >= 4 is 18.3 Å². The highest BCUT2D eigenvalue weighted by atomic mass is 35.5. The van der Waals surface area contributed by atoms with E-state index in [0.717, 1.165) is 26.0 Å². The third-order valence-electron chi connectivity index (χ3n) is 2.49. The van der Waals surface area contributed by atoms with E-state index in [0.29, 0.717) is 13.2 Å². The lowest BCUT2D eigenvalue weighted by Crippen LogP contribution is -2.32. The minimum atomic E-state index is 0. The van der Waals surface area contributed by atoms with E-state index < -0.39 is 0 Å². The molecule has 0 spiro atoms. The summed E-state index contributed by atoms with van der Waals surface area (Å²) in [6.45, 7) is 2.49. The number of likely N-dealkylation sites (N-methyl/N-ethyl adjacent to an activating group) is 1. The molecule has 1 amide bonds. The van der Waals surface area contributed by atoms with Crippen molar-refractivity contribution in [2.24, 2.45) is 0 Å². The minimum absolute atomic E-state index is 0. The number of carbonyl (C=O) groups excluding carboxylic acids is 1. The molecule has 5 heteroatoms. The Morgan fingerprint density at radius 1 is 1.21 bits per heavy atom. The van der Waals surface area contributed by atoms with E-state index in [4.69, 9.17) is 4.74 Å². The molecule has 0 aliphatic heterocycles. The molecule has 0 unspecified atom stereocenters. The summed E-state index contributed by atoms with van der Waals surface area (Å²) >= 11 is 0. The first-order valence-corrected chi connectivity index (χ1v) is 6.36. The van der Waals surface area contributed by atoms with Gasteiger partial charge in [0.1, 0.15) is 0 Å². The highest BCUT2D eigenvalue weighted by Gasteiger charge is 1.97. The van der Waals surface area contributed by atoms with Gasteiger partial charge < -0.3 is 15.4 Å². The van der Waals surface area contributed by atoms with E-state index in [1.165, 1.54) is 5.56 Å². The van der Waals surface area contributed by atoms with Crippen molar-refractivity contribution in [2.45, 2.75) is 19.4 Å². The predicted octanol–water partition coefficient (Wildman–Crippen LogP) is 1.74. The zero-order valence-electron chi connectivity index (χ0n) is 11.4. The smallest absolute Gasteiger partial charge is 0.233 e. The van der Waals surface area contributed by atoms with Gasteiger partial charge in [0.05, 0.1) is 13.2 Å². The standard InChI is InChI=1S/C14H22N2O2.ClH/c1-15-11-14(17)16-9-5-6-10-18-12-13-7-3-2-4-8-13;/h2-4,7-8,15H,5-6,9-12H2,1H3,(H,16,17);1H. The van der Waals surface area contributed by atoms with Gasteiger partial charge in [-0.05, 0) is 25.5 Å². The molecule has 0 fully saturated rings. The molecule has 0 aliphatic carbocycles. The summed E-state index contributed by atoms with van der Waals surface area (Å²) in [6.07, 6.45) is 1.91. The maximum Gasteiger partial charge on any atom is 0.233 e. The fraction of sp³-hybridized carbons (Fsp3) is 0.500. The summed E-state index contributed by atoms with van der Waals surface area (Å²) in [5.74, 6) is 0.0442. The second kappa shape index (κ2) is 12.0. The normalized spacial score (nSPS) is 9.74. The number of halogens is 1. The Morgan fingerprint density at radius 3 is 2.63 bits per heavy atom. The number of nitrogens with one attached hydrogen (secondary N) is 2. The summed E-state index contributed by atoms with van der Waals surface area (Å²) in [4.78, 5) is 11.1. The first kappa shape index (κ1) is 17.9. The van der Waals surface area contributed by atoms with Crippen LogP contribution < -0.4 is 10.6 Å². The maximum absolute atomic E-state index is 11.1. The number of unbranched alkanes of at least 4 members (excludes halogenated alkanes) is 1. The molecule has 108 valence electrons. The van der Waals surface area contributed by atoms with Crippen molar-refractivity contribution in [1.82, 2.24) is 10.6 Å². The van der Waals surface area contributed by atoms with E-state index in [-0.39, 0.29) is 18.3 Å². The molecule has 0 aromatic heterocycles. The molecule has 1 aromatic rings. The van der Waals surface area contributed by atoms with Gasteiger partial charge in [-0.1, -0.05) is 30.3 Å². The van der Waals surface area contributed by atoms with Crippen LogP contribution in [-0.2, 0) is 16.1 Å². The van der Waals surface area contributed by atoms with Crippen molar-refractivity contribution in [1.29, 1.82) is 0 Å². The number of hydrogen-bond donors (Lipinski definition) is 2. The van der Waals surface area contributed by atoms with Crippen LogP contribution in [0.2, 0.25) is 0 Å². The van der Waals surface area contributed by atoms with Crippen molar-refractivity contribution in [2.75, 3.05) is 26.7 Å². The van der Waals surface area contributed by atoms with Crippen molar-refractivity contribution in [3.63, 3.8) is 0 Å². The van der Waals surface area contributed by atoms with Gasteiger partial charge >= 0.3 is 0 Å². The predicted molar refractivity (Wildman–Crippen MR) is 79.5 cm³/mol. The quantitative estimate of drug-likeness (QED) is 0.680. The van der Waals surface area contributed by atoms with Crippen LogP contribution in [-0.4, -0.2) is 32.7 Å². The molecule has 4 nitrogen and oxygen atoms in total. The number of hydrogen-bond acceptors (Lipinski definition) is 3. The van der Waals surface area contributed by atoms with Gasteiger partial charge in [0.2, 0.25) is 5.91 Å². The molecule has 1 rings (SSSR count). The fourth-order valence-corrected chi connectivity index (χ4v) is 1.54. The molecule has 0 bridgehead atoms. The molecular weight excluding hydrogens is 264 g/mol. The Kier molecular flexibility index (Phi) is 11.3. The third kappa shape index (κ3) is 9.47. The number of rotatable bonds is 9. The van der Waals surface area contributed by atoms with Gasteiger partial charge in [-0.25, -0.2) is 0 Å². The maximum atomic E-state index is 11.1. The minimum Gasteiger partial charge on any atom is -0.377 e. The molecule has 2 N–H and O–H groups in total. The Labute approximate surface area is 121 Å². The molecule has 0 saturated heterocycles. The lowest BCUT2D eigenvalue weighted by molar-refractivity contribution is -0.120. The van der Waals surface area contributed by atoms with Gasteiger partial charge in [-0.15, -0.1) is 12.4 Å². The average molecular weight is 287 g/mol. The number of ether oxygens (including phenoxy) is 1. The second-order valence-corrected chi connectivity index (χ2v) is 4.13. The molecule has 0 aliphatic rings. The molecule has 0 atom stereocenters. The zero-order valence-corrected chi connectivity index (χ0v) is 12.2. The Morgan fingerprint density at radius 2 is 1.95 bits per heavy atom. The van der Waals surface area contributed by atoms with Gasteiger partial charge in [0.25, 0.3) is 0 Å². The van der Waals surface area contributed by atoms with E-state index in [1.54, 1.807) is 7.05 Å². The van der Waals surface area contributed by atoms with Crippen LogP contribution in [0.5, 0.6) is 0 Å². The van der Waals surface area contributed by atoms with Crippen LogP contribution in [0.25, 0.3) is 0 Å². The highest BCUT2D eigenvalue weighted by molar-refractivity contribution is 5.85. The SMILES string of the molecule is CNCC(=O)NCCCCOCc1ccccc1.Cl. The van der Waals surface area contributed by atoms with Gasteiger partial charge in [0, 0.05) is 13.2 Å². The highest BCUT2D eigenvalue weighted by Crippen LogP contribution is 2.01. The van der Waals surface area contributed by atoms with Crippen LogP contribution in [0.15, 0.2) is 30.3 Å². The van der Waals surface area contributed by atoms with Gasteiger partial charge in [-0.2, -0.15) is 0 Å². The Balaban J connectivity index is 0.00000324. The summed E-state index contributed by atoms with van der Waals surface area (Å²) in [6, 6.07) is 10.1. The summed E-state index contributed by atoms with van der Waals surface area (Å²) < 4.78 is 5.55. The summed E-state index contributed by atoms with van der Waals surface area (Å²) in [5.41, 5.74) is 1.19. The average Bonchev–Trinajstić information content (AvgIpc) is 2.39. The fourth-order valence-electron chi connectivity index (χ4n) is 1.54. The molecule has 1 aromatic carbocycles. The number of amides is 1. The molecule has 0 heterocycles. The van der Waals surface area contributed by atoms with E-state index >= 15 is 0 Å². The molecular formula is C14H23ClN2O2. The van der Waals surface area contributed by atoms with Gasteiger partial charge in [0.15, 0.2) is 0 Å². The molecule has 19 heavy (non-hydrogen) atoms. The van der Waals surface area contributed by atoms with Gasteiger partial charge in [-0.3, -0.25) is 4.79 Å². The van der Waals surface area contributed by atoms with E-state index in [9.17, 15) is 4.79 Å². The van der Waals surface area contributed by atoms with E-state index in [2.05, 4.69) is 22.8 Å². The van der Waals surface area contributed by atoms with Crippen molar-refractivity contribution in [3.8, 4) is 0 Å². The topological polar surface area (TPSA) is 50.4 Å². The first-order chi connectivity index (χ1) is 8.83. The van der Waals surface area contributed by atoms with Crippen LogP contribution in [0.4, 0.5) is 0 Å². The monoisotopic (exact) mass is 286 g/mol. The molecule has 0 radical (unpaired) electrons. The number of benzene rings is 1. The third-order valence-corrected chi connectivity index (χ3v) is 2.49. The summed E-state index contributed by atoms with van der Waals surface area (Å²) in [5, 5.41) is 5.65. The Bertz CT molecular complexity index is 333. The molecule has 0 saturated carbocycles. The van der Waals surface area contributed by atoms with Crippen LogP contribution in [0, 0.1) is 0 Å². The Hall–Kier alpha value is -1.10. The first-order valence-electron chi connectivity index (χ1n) is 6.36. The van der Waals surface area contributed by atoms with Crippen LogP contribution in [0.1, 0.15) is 18.4 Å². The van der Waals surface area contributed by atoms with Crippen molar-refractivity contribution in [3.05, 3.63) is 35.9 Å². The lowest BCUT2D eigenvalue weighted by Gasteiger charge is -2.06. The van der Waals surface area contributed by atoms with Crippen LogP contribution >= 0.6 is 12.4 Å². The zero-order chi connectivity index (χ0) is 13.1. The lowest BCUT2D eigenvalue weighted by atomic mass is 10.2.